The summed E-state index contributed by atoms with van der Waals surface area (Å²) in [5, 5.41) is 19.0. The number of aryl methyl sites for hydroxylation is 3. The molecular weight excluding hydrogens is 352 g/mol. The molecule has 2 heterocycles. The van der Waals surface area contributed by atoms with Gasteiger partial charge in [0.1, 0.15) is 5.82 Å². The van der Waals surface area contributed by atoms with Crippen LogP contribution in [-0.2, 0) is 0 Å². The van der Waals surface area contributed by atoms with Crippen molar-refractivity contribution in [1.29, 1.82) is 0 Å². The lowest BCUT2D eigenvalue weighted by Gasteiger charge is -2.09. The molecule has 0 saturated carbocycles. The topological polar surface area (TPSA) is 84.7 Å². The van der Waals surface area contributed by atoms with Crippen molar-refractivity contribution in [2.24, 2.45) is 0 Å². The summed E-state index contributed by atoms with van der Waals surface area (Å²) in [6.07, 6.45) is 0. The minimum Gasteiger partial charge on any atom is -0.367 e. The number of carbonyl (C=O) groups is 1. The van der Waals surface area contributed by atoms with Crippen LogP contribution in [0.5, 0.6) is 0 Å². The van der Waals surface area contributed by atoms with Crippen LogP contribution >= 0.6 is 0 Å². The highest BCUT2D eigenvalue weighted by Gasteiger charge is 2.10. The summed E-state index contributed by atoms with van der Waals surface area (Å²) in [6.45, 7) is 11.1. The summed E-state index contributed by atoms with van der Waals surface area (Å²) in [5.41, 5.74) is 6.04. The zero-order valence-electron chi connectivity index (χ0n) is 17.0. The number of carbonyl (C=O) groups excluding carboxylic acids is 1. The molecule has 2 aromatic heterocycles. The molecule has 0 aliphatic rings. The number of aromatic nitrogens is 4. The zero-order valence-corrected chi connectivity index (χ0v) is 17.0. The second kappa shape index (κ2) is 8.21. The standard InChI is InChI=1S/C21H26N6O/c1-13-10-14(2)12-18(11-13)21(28)23-9-8-22-19-6-7-20(25-24-19)27-17(5)15(3)16(4)26-27/h6-7,10-12H,8-9H2,1-5H3,(H,22,24)(H,23,28). The van der Waals surface area contributed by atoms with E-state index in [9.17, 15) is 4.79 Å². The van der Waals surface area contributed by atoms with E-state index in [2.05, 4.69) is 25.9 Å². The first-order valence-corrected chi connectivity index (χ1v) is 9.32. The maximum Gasteiger partial charge on any atom is 0.251 e. The third-order valence-corrected chi connectivity index (χ3v) is 4.72. The predicted molar refractivity (Wildman–Crippen MR) is 110 cm³/mol. The number of hydrogen-bond donors (Lipinski definition) is 2. The van der Waals surface area contributed by atoms with Crippen LogP contribution in [0.2, 0.25) is 0 Å². The van der Waals surface area contributed by atoms with E-state index in [1.54, 1.807) is 4.68 Å². The van der Waals surface area contributed by atoms with Gasteiger partial charge in [-0.3, -0.25) is 4.79 Å². The third kappa shape index (κ3) is 4.36. The first-order valence-electron chi connectivity index (χ1n) is 9.32. The molecule has 28 heavy (non-hydrogen) atoms. The van der Waals surface area contributed by atoms with Crippen LogP contribution in [0.15, 0.2) is 30.3 Å². The first-order chi connectivity index (χ1) is 13.3. The van der Waals surface area contributed by atoms with Crippen LogP contribution in [0.1, 0.15) is 38.4 Å². The number of nitrogens with zero attached hydrogens (tertiary/aromatic N) is 4. The number of hydrogen-bond acceptors (Lipinski definition) is 5. The van der Waals surface area contributed by atoms with Crippen molar-refractivity contribution in [1.82, 2.24) is 25.3 Å². The quantitative estimate of drug-likeness (QED) is 0.644. The summed E-state index contributed by atoms with van der Waals surface area (Å²) in [6, 6.07) is 9.57. The van der Waals surface area contributed by atoms with Crippen molar-refractivity contribution in [2.45, 2.75) is 34.6 Å². The highest BCUT2D eigenvalue weighted by molar-refractivity contribution is 5.94. The number of rotatable bonds is 6. The van der Waals surface area contributed by atoms with Gasteiger partial charge in [-0.15, -0.1) is 10.2 Å². The molecule has 0 aliphatic carbocycles. The van der Waals surface area contributed by atoms with Crippen LogP contribution in [0.4, 0.5) is 5.82 Å². The van der Waals surface area contributed by atoms with Gasteiger partial charge in [0.15, 0.2) is 5.82 Å². The predicted octanol–water partition coefficient (Wildman–Crippen LogP) is 3.05. The maximum absolute atomic E-state index is 12.2. The van der Waals surface area contributed by atoms with Gasteiger partial charge in [0, 0.05) is 24.3 Å². The van der Waals surface area contributed by atoms with Crippen LogP contribution < -0.4 is 10.6 Å². The molecule has 7 nitrogen and oxygen atoms in total. The number of amides is 1. The van der Waals surface area contributed by atoms with Gasteiger partial charge in [0.05, 0.1) is 5.69 Å². The van der Waals surface area contributed by atoms with Crippen molar-refractivity contribution in [3.63, 3.8) is 0 Å². The molecule has 0 spiro atoms. The summed E-state index contributed by atoms with van der Waals surface area (Å²) in [5.74, 6) is 1.26. The van der Waals surface area contributed by atoms with Crippen molar-refractivity contribution in [3.05, 3.63) is 64.0 Å². The Hall–Kier alpha value is -3.22. The van der Waals surface area contributed by atoms with E-state index in [1.807, 2.05) is 65.0 Å². The van der Waals surface area contributed by atoms with E-state index < -0.39 is 0 Å². The molecule has 3 aromatic rings. The Kier molecular flexibility index (Phi) is 5.73. The fourth-order valence-electron chi connectivity index (χ4n) is 3.05. The molecule has 2 N–H and O–H groups in total. The highest BCUT2D eigenvalue weighted by Crippen LogP contribution is 2.15. The van der Waals surface area contributed by atoms with E-state index in [1.165, 1.54) is 0 Å². The van der Waals surface area contributed by atoms with Gasteiger partial charge in [-0.05, 0) is 64.4 Å². The van der Waals surface area contributed by atoms with E-state index in [0.717, 1.165) is 28.1 Å². The van der Waals surface area contributed by atoms with Crippen LogP contribution in [-0.4, -0.2) is 39.0 Å². The second-order valence-electron chi connectivity index (χ2n) is 7.04. The normalized spacial score (nSPS) is 10.8. The number of benzene rings is 1. The van der Waals surface area contributed by atoms with E-state index in [0.29, 0.717) is 30.3 Å². The molecule has 146 valence electrons. The number of anilines is 1. The summed E-state index contributed by atoms with van der Waals surface area (Å²) in [7, 11) is 0. The maximum atomic E-state index is 12.2. The molecule has 0 saturated heterocycles. The Morgan fingerprint density at radius 3 is 2.25 bits per heavy atom. The lowest BCUT2D eigenvalue weighted by atomic mass is 10.1. The van der Waals surface area contributed by atoms with Gasteiger partial charge < -0.3 is 10.6 Å². The Morgan fingerprint density at radius 2 is 1.68 bits per heavy atom. The van der Waals surface area contributed by atoms with E-state index >= 15 is 0 Å². The third-order valence-electron chi connectivity index (χ3n) is 4.72. The van der Waals surface area contributed by atoms with E-state index in [-0.39, 0.29) is 5.91 Å². The van der Waals surface area contributed by atoms with Crippen LogP contribution in [0.3, 0.4) is 0 Å². The molecule has 3 rings (SSSR count). The molecule has 0 atom stereocenters. The van der Waals surface area contributed by atoms with Gasteiger partial charge in [-0.2, -0.15) is 5.10 Å². The SMILES string of the molecule is Cc1cc(C)cc(C(=O)NCCNc2ccc(-n3nc(C)c(C)c3C)nn2)c1. The lowest BCUT2D eigenvalue weighted by molar-refractivity contribution is 0.0955. The monoisotopic (exact) mass is 378 g/mol. The molecule has 1 aromatic carbocycles. The summed E-state index contributed by atoms with van der Waals surface area (Å²) >= 11 is 0. The minimum atomic E-state index is -0.0741. The van der Waals surface area contributed by atoms with Crippen molar-refractivity contribution in [3.8, 4) is 5.82 Å². The molecule has 0 fully saturated rings. The summed E-state index contributed by atoms with van der Waals surface area (Å²) in [4.78, 5) is 12.2. The molecule has 0 unspecified atom stereocenters. The molecular formula is C21H26N6O. The molecule has 7 heteroatoms. The largest absolute Gasteiger partial charge is 0.367 e. The Bertz CT molecular complexity index is 971. The van der Waals surface area contributed by atoms with E-state index in [4.69, 9.17) is 0 Å². The van der Waals surface area contributed by atoms with Gasteiger partial charge in [0.2, 0.25) is 0 Å². The van der Waals surface area contributed by atoms with Gasteiger partial charge in [0.25, 0.3) is 5.91 Å². The summed E-state index contributed by atoms with van der Waals surface area (Å²) < 4.78 is 1.80. The average Bonchev–Trinajstić information content (AvgIpc) is 2.92. The fourth-order valence-corrected chi connectivity index (χ4v) is 3.05. The van der Waals surface area contributed by atoms with Gasteiger partial charge >= 0.3 is 0 Å². The molecule has 0 aliphatic heterocycles. The zero-order chi connectivity index (χ0) is 20.3. The lowest BCUT2D eigenvalue weighted by Crippen LogP contribution is -2.29. The van der Waals surface area contributed by atoms with Crippen molar-refractivity contribution < 1.29 is 4.79 Å². The highest BCUT2D eigenvalue weighted by atomic mass is 16.1. The van der Waals surface area contributed by atoms with Gasteiger partial charge in [-0.1, -0.05) is 17.2 Å². The Balaban J connectivity index is 1.52. The fraction of sp³-hybridized carbons (Fsp3) is 0.333. The minimum absolute atomic E-state index is 0.0741. The second-order valence-corrected chi connectivity index (χ2v) is 7.04. The van der Waals surface area contributed by atoms with Crippen LogP contribution in [0.25, 0.3) is 5.82 Å². The van der Waals surface area contributed by atoms with Crippen LogP contribution in [0, 0.1) is 34.6 Å². The number of nitrogens with one attached hydrogen (secondary N) is 2. The average molecular weight is 378 g/mol. The van der Waals surface area contributed by atoms with Crippen molar-refractivity contribution in [2.75, 3.05) is 18.4 Å². The van der Waals surface area contributed by atoms with Crippen molar-refractivity contribution >= 4 is 11.7 Å². The molecule has 0 bridgehead atoms. The van der Waals surface area contributed by atoms with Gasteiger partial charge in [-0.25, -0.2) is 4.68 Å². The Labute approximate surface area is 165 Å². The molecule has 1 amide bonds. The molecule has 0 radical (unpaired) electrons. The smallest absolute Gasteiger partial charge is 0.251 e. The Morgan fingerprint density at radius 1 is 0.964 bits per heavy atom. The first kappa shape index (κ1) is 19.5.